The van der Waals surface area contributed by atoms with Gasteiger partial charge < -0.3 is 10.3 Å². The van der Waals surface area contributed by atoms with Crippen molar-refractivity contribution in [3.05, 3.63) is 42.4 Å². The molecule has 1 fully saturated rings. The molecule has 2 N–H and O–H groups in total. The van der Waals surface area contributed by atoms with Crippen molar-refractivity contribution in [2.24, 2.45) is 5.92 Å². The zero-order valence-corrected chi connectivity index (χ0v) is 14.9. The molecule has 1 aromatic carbocycles. The van der Waals surface area contributed by atoms with Crippen LogP contribution in [0.15, 0.2) is 41.8 Å². The predicted molar refractivity (Wildman–Crippen MR) is 93.7 cm³/mol. The zero-order valence-electron chi connectivity index (χ0n) is 14.1. The molecule has 0 atom stereocenters. The summed E-state index contributed by atoms with van der Waals surface area (Å²) in [5, 5.41) is 0.130. The van der Waals surface area contributed by atoms with Crippen LogP contribution in [0, 0.1) is 5.92 Å². The SMILES string of the molecule is CC(C)Cn1cnc(S(=O)(=O)N(Cc2ccc(N)cc2)C2CC2)c1. The minimum atomic E-state index is -3.59. The van der Waals surface area contributed by atoms with E-state index in [2.05, 4.69) is 18.8 Å². The molecule has 1 heterocycles. The Morgan fingerprint density at radius 1 is 1.29 bits per heavy atom. The van der Waals surface area contributed by atoms with Gasteiger partial charge in [0, 0.05) is 31.0 Å². The third-order valence-electron chi connectivity index (χ3n) is 4.03. The molecule has 1 aliphatic carbocycles. The molecule has 2 aromatic rings. The molecule has 7 heteroatoms. The molecular weight excluding hydrogens is 324 g/mol. The number of anilines is 1. The zero-order chi connectivity index (χ0) is 17.3. The Kier molecular flexibility index (Phi) is 4.64. The topological polar surface area (TPSA) is 81.2 Å². The Balaban J connectivity index is 1.84. The number of benzene rings is 1. The lowest BCUT2D eigenvalue weighted by Gasteiger charge is -2.20. The Hall–Kier alpha value is -1.86. The van der Waals surface area contributed by atoms with Crippen molar-refractivity contribution in [3.8, 4) is 0 Å². The van der Waals surface area contributed by atoms with E-state index in [1.165, 1.54) is 0 Å². The summed E-state index contributed by atoms with van der Waals surface area (Å²) in [6.45, 7) is 5.28. The highest BCUT2D eigenvalue weighted by Crippen LogP contribution is 2.33. The smallest absolute Gasteiger partial charge is 0.262 e. The van der Waals surface area contributed by atoms with E-state index >= 15 is 0 Å². The van der Waals surface area contributed by atoms with Crippen molar-refractivity contribution in [2.45, 2.75) is 50.8 Å². The van der Waals surface area contributed by atoms with Crippen LogP contribution in [0.2, 0.25) is 0 Å². The molecule has 24 heavy (non-hydrogen) atoms. The lowest BCUT2D eigenvalue weighted by atomic mass is 10.2. The van der Waals surface area contributed by atoms with Crippen molar-refractivity contribution in [1.82, 2.24) is 13.9 Å². The van der Waals surface area contributed by atoms with E-state index in [-0.39, 0.29) is 11.1 Å². The lowest BCUT2D eigenvalue weighted by molar-refractivity contribution is 0.397. The standard InChI is InChI=1S/C17H24N4O2S/c1-13(2)9-20-11-17(19-12-20)24(22,23)21(16-7-8-16)10-14-3-5-15(18)6-4-14/h3-6,11-13,16H,7-10,18H2,1-2H3. The van der Waals surface area contributed by atoms with Gasteiger partial charge in [-0.2, -0.15) is 4.31 Å². The Morgan fingerprint density at radius 3 is 2.54 bits per heavy atom. The van der Waals surface area contributed by atoms with E-state index in [0.29, 0.717) is 18.2 Å². The molecule has 1 aliphatic rings. The van der Waals surface area contributed by atoms with Crippen LogP contribution in [0.5, 0.6) is 0 Å². The van der Waals surface area contributed by atoms with Crippen molar-refractivity contribution in [1.29, 1.82) is 0 Å². The van der Waals surface area contributed by atoms with Gasteiger partial charge in [-0.25, -0.2) is 13.4 Å². The van der Waals surface area contributed by atoms with Crippen molar-refractivity contribution < 1.29 is 8.42 Å². The highest BCUT2D eigenvalue weighted by molar-refractivity contribution is 7.89. The second kappa shape index (κ2) is 6.57. The van der Waals surface area contributed by atoms with Gasteiger partial charge in [0.05, 0.1) is 6.33 Å². The van der Waals surface area contributed by atoms with Gasteiger partial charge >= 0.3 is 0 Å². The maximum atomic E-state index is 13.0. The molecule has 0 spiro atoms. The molecule has 3 rings (SSSR count). The van der Waals surface area contributed by atoms with Crippen LogP contribution < -0.4 is 5.73 Å². The highest BCUT2D eigenvalue weighted by Gasteiger charge is 2.39. The number of hydrogen-bond acceptors (Lipinski definition) is 4. The van der Waals surface area contributed by atoms with Crippen molar-refractivity contribution in [3.63, 3.8) is 0 Å². The molecule has 0 aliphatic heterocycles. The van der Waals surface area contributed by atoms with Crippen LogP contribution in [-0.4, -0.2) is 28.3 Å². The third kappa shape index (κ3) is 3.79. The number of nitrogens with zero attached hydrogens (tertiary/aromatic N) is 3. The summed E-state index contributed by atoms with van der Waals surface area (Å²) in [5.74, 6) is 0.434. The Morgan fingerprint density at radius 2 is 1.96 bits per heavy atom. The summed E-state index contributed by atoms with van der Waals surface area (Å²) < 4.78 is 29.4. The van der Waals surface area contributed by atoms with Gasteiger partial charge in [-0.1, -0.05) is 26.0 Å². The van der Waals surface area contributed by atoms with Gasteiger partial charge in [-0.05, 0) is 36.5 Å². The average molecular weight is 348 g/mol. The first kappa shape index (κ1) is 17.0. The van der Waals surface area contributed by atoms with Crippen LogP contribution in [0.3, 0.4) is 0 Å². The second-order valence-corrected chi connectivity index (χ2v) is 8.66. The minimum absolute atomic E-state index is 0.0720. The first-order valence-corrected chi connectivity index (χ1v) is 9.68. The second-order valence-electron chi connectivity index (χ2n) is 6.83. The summed E-state index contributed by atoms with van der Waals surface area (Å²) >= 11 is 0. The van der Waals surface area contributed by atoms with Gasteiger partial charge in [0.15, 0.2) is 5.03 Å². The summed E-state index contributed by atoms with van der Waals surface area (Å²) in [4.78, 5) is 4.14. The first-order valence-electron chi connectivity index (χ1n) is 8.24. The fourth-order valence-electron chi connectivity index (χ4n) is 2.69. The summed E-state index contributed by atoms with van der Waals surface area (Å²) in [6, 6.07) is 7.41. The van der Waals surface area contributed by atoms with E-state index < -0.39 is 10.0 Å². The van der Waals surface area contributed by atoms with Gasteiger partial charge in [0.1, 0.15) is 0 Å². The van der Waals surface area contributed by atoms with E-state index in [9.17, 15) is 8.42 Å². The fraction of sp³-hybridized carbons (Fsp3) is 0.471. The number of imidazole rings is 1. The van der Waals surface area contributed by atoms with Crippen LogP contribution in [0.4, 0.5) is 5.69 Å². The molecule has 0 unspecified atom stereocenters. The summed E-state index contributed by atoms with van der Waals surface area (Å²) in [6.07, 6.45) is 5.04. The molecule has 1 saturated carbocycles. The molecule has 130 valence electrons. The third-order valence-corrected chi connectivity index (χ3v) is 5.81. The summed E-state index contributed by atoms with van der Waals surface area (Å²) in [5.41, 5.74) is 7.31. The molecule has 0 bridgehead atoms. The monoisotopic (exact) mass is 348 g/mol. The normalized spacial score (nSPS) is 15.3. The number of aromatic nitrogens is 2. The number of nitrogen functional groups attached to an aromatic ring is 1. The van der Waals surface area contributed by atoms with Crippen molar-refractivity contribution in [2.75, 3.05) is 5.73 Å². The summed E-state index contributed by atoms with van der Waals surface area (Å²) in [7, 11) is -3.59. The Bertz CT molecular complexity index is 792. The van der Waals surface area contributed by atoms with Crippen LogP contribution in [0.25, 0.3) is 0 Å². The van der Waals surface area contributed by atoms with Gasteiger partial charge in [0.25, 0.3) is 10.0 Å². The first-order chi connectivity index (χ1) is 11.4. The van der Waals surface area contributed by atoms with Crippen molar-refractivity contribution >= 4 is 15.7 Å². The minimum Gasteiger partial charge on any atom is -0.399 e. The lowest BCUT2D eigenvalue weighted by Crippen LogP contribution is -2.33. The number of rotatable bonds is 7. The van der Waals surface area contributed by atoms with Crippen LogP contribution >= 0.6 is 0 Å². The molecule has 0 amide bonds. The number of nitrogens with two attached hydrogens (primary N) is 1. The van der Waals surface area contributed by atoms with Crippen LogP contribution in [0.1, 0.15) is 32.3 Å². The molecule has 0 saturated heterocycles. The maximum Gasteiger partial charge on any atom is 0.262 e. The van der Waals surface area contributed by atoms with E-state index in [1.807, 2.05) is 16.7 Å². The van der Waals surface area contributed by atoms with E-state index in [1.54, 1.807) is 29.0 Å². The van der Waals surface area contributed by atoms with Gasteiger partial charge in [-0.15, -0.1) is 0 Å². The highest BCUT2D eigenvalue weighted by atomic mass is 32.2. The fourth-order valence-corrected chi connectivity index (χ4v) is 4.30. The number of sulfonamides is 1. The Labute approximate surface area is 143 Å². The van der Waals surface area contributed by atoms with E-state index in [4.69, 9.17) is 5.73 Å². The van der Waals surface area contributed by atoms with E-state index in [0.717, 1.165) is 24.9 Å². The molecule has 6 nitrogen and oxygen atoms in total. The van der Waals surface area contributed by atoms with Gasteiger partial charge in [-0.3, -0.25) is 0 Å². The molecule has 1 aromatic heterocycles. The predicted octanol–water partition coefficient (Wildman–Crippen LogP) is 2.47. The quantitative estimate of drug-likeness (QED) is 0.780. The maximum absolute atomic E-state index is 13.0. The molecular formula is C17H24N4O2S. The molecule has 0 radical (unpaired) electrons. The van der Waals surface area contributed by atoms with Crippen LogP contribution in [-0.2, 0) is 23.1 Å². The largest absolute Gasteiger partial charge is 0.399 e. The average Bonchev–Trinajstić information content (AvgIpc) is 3.24. The number of hydrogen-bond donors (Lipinski definition) is 1. The van der Waals surface area contributed by atoms with Gasteiger partial charge in [0.2, 0.25) is 0 Å².